The van der Waals surface area contributed by atoms with Gasteiger partial charge in [-0.3, -0.25) is 4.90 Å². The lowest BCUT2D eigenvalue weighted by Gasteiger charge is -2.31. The average Bonchev–Trinajstić information content (AvgIpc) is 2.76. The molecule has 1 unspecified atom stereocenters. The number of esters is 1. The van der Waals surface area contributed by atoms with Crippen LogP contribution in [-0.4, -0.2) is 43.7 Å². The monoisotopic (exact) mass is 238 g/mol. The first-order valence-electron chi connectivity index (χ1n) is 5.82. The van der Waals surface area contributed by atoms with Crippen molar-refractivity contribution in [2.24, 2.45) is 0 Å². The Hall–Kier alpha value is -1.33. The summed E-state index contributed by atoms with van der Waals surface area (Å²) < 4.78 is 10.0. The zero-order valence-corrected chi connectivity index (χ0v) is 10.2. The van der Waals surface area contributed by atoms with Gasteiger partial charge in [-0.25, -0.2) is 4.79 Å². The first-order chi connectivity index (χ1) is 8.19. The summed E-state index contributed by atoms with van der Waals surface area (Å²) in [6, 6.07) is 3.99. The summed E-state index contributed by atoms with van der Waals surface area (Å²) >= 11 is 0. The number of methoxy groups -OCH3 is 1. The van der Waals surface area contributed by atoms with Crippen molar-refractivity contribution in [2.45, 2.75) is 19.5 Å². The molecule has 0 saturated carbocycles. The molecule has 0 aromatic carbocycles. The van der Waals surface area contributed by atoms with E-state index in [-0.39, 0.29) is 5.76 Å². The van der Waals surface area contributed by atoms with Crippen LogP contribution in [0.1, 0.15) is 23.2 Å². The van der Waals surface area contributed by atoms with Crippen molar-refractivity contribution >= 4 is 5.97 Å². The van der Waals surface area contributed by atoms with E-state index < -0.39 is 5.97 Å². The van der Waals surface area contributed by atoms with Gasteiger partial charge in [-0.05, 0) is 19.1 Å². The maximum Gasteiger partial charge on any atom is 0.373 e. The molecule has 1 aromatic rings. The second-order valence-electron chi connectivity index (χ2n) is 4.35. The number of ether oxygens (including phenoxy) is 1. The van der Waals surface area contributed by atoms with Gasteiger partial charge in [-0.1, -0.05) is 0 Å². The van der Waals surface area contributed by atoms with E-state index in [0.29, 0.717) is 6.04 Å². The third-order valence-corrected chi connectivity index (χ3v) is 2.88. The molecule has 1 fully saturated rings. The van der Waals surface area contributed by atoms with Crippen LogP contribution >= 0.6 is 0 Å². The zero-order valence-electron chi connectivity index (χ0n) is 10.2. The van der Waals surface area contributed by atoms with Gasteiger partial charge in [-0.15, -0.1) is 0 Å². The summed E-state index contributed by atoms with van der Waals surface area (Å²) in [6.07, 6.45) is 0. The highest BCUT2D eigenvalue weighted by Gasteiger charge is 2.18. The van der Waals surface area contributed by atoms with E-state index in [2.05, 4.69) is 21.9 Å². The standard InChI is InChI=1S/C12H18N2O3/c1-9-7-14(6-5-13-9)8-10-3-4-11(17-10)12(15)16-2/h3-4,9,13H,5-8H2,1-2H3. The van der Waals surface area contributed by atoms with Crippen LogP contribution in [0.4, 0.5) is 0 Å². The maximum atomic E-state index is 11.2. The molecule has 1 aliphatic heterocycles. The third kappa shape index (κ3) is 3.08. The van der Waals surface area contributed by atoms with Crippen LogP contribution in [0.5, 0.6) is 0 Å². The molecule has 1 atom stereocenters. The minimum atomic E-state index is -0.426. The number of nitrogens with zero attached hydrogens (tertiary/aromatic N) is 1. The van der Waals surface area contributed by atoms with Crippen molar-refractivity contribution in [3.8, 4) is 0 Å². The third-order valence-electron chi connectivity index (χ3n) is 2.88. The first kappa shape index (κ1) is 12.1. The smallest absolute Gasteiger partial charge is 0.373 e. The van der Waals surface area contributed by atoms with Gasteiger partial charge >= 0.3 is 5.97 Å². The van der Waals surface area contributed by atoms with E-state index in [0.717, 1.165) is 31.9 Å². The summed E-state index contributed by atoms with van der Waals surface area (Å²) in [5.41, 5.74) is 0. The van der Waals surface area contributed by atoms with E-state index in [4.69, 9.17) is 4.42 Å². The number of carbonyl (C=O) groups is 1. The van der Waals surface area contributed by atoms with Crippen molar-refractivity contribution in [2.75, 3.05) is 26.7 Å². The Morgan fingerprint density at radius 3 is 3.18 bits per heavy atom. The molecule has 0 spiro atoms. The molecule has 1 saturated heterocycles. The van der Waals surface area contributed by atoms with Gasteiger partial charge in [0.2, 0.25) is 5.76 Å². The Bertz CT molecular complexity index is 389. The van der Waals surface area contributed by atoms with Crippen molar-refractivity contribution in [1.29, 1.82) is 0 Å². The van der Waals surface area contributed by atoms with Crippen LogP contribution in [0.25, 0.3) is 0 Å². The Morgan fingerprint density at radius 2 is 2.47 bits per heavy atom. The van der Waals surface area contributed by atoms with Crippen LogP contribution in [-0.2, 0) is 11.3 Å². The molecule has 1 aromatic heterocycles. The Morgan fingerprint density at radius 1 is 1.65 bits per heavy atom. The van der Waals surface area contributed by atoms with Crippen LogP contribution in [0, 0.1) is 0 Å². The molecular formula is C12H18N2O3. The number of carbonyl (C=O) groups excluding carboxylic acids is 1. The summed E-state index contributed by atoms with van der Waals surface area (Å²) in [6.45, 7) is 5.88. The molecule has 5 nitrogen and oxygen atoms in total. The van der Waals surface area contributed by atoms with Crippen molar-refractivity contribution in [3.05, 3.63) is 23.7 Å². The molecule has 0 bridgehead atoms. The number of rotatable bonds is 3. The van der Waals surface area contributed by atoms with E-state index in [9.17, 15) is 4.79 Å². The van der Waals surface area contributed by atoms with Gasteiger partial charge in [0.1, 0.15) is 5.76 Å². The molecule has 0 radical (unpaired) electrons. The van der Waals surface area contributed by atoms with Gasteiger partial charge in [0.25, 0.3) is 0 Å². The Kier molecular flexibility index (Phi) is 3.81. The van der Waals surface area contributed by atoms with Gasteiger partial charge in [0, 0.05) is 25.7 Å². The maximum absolute atomic E-state index is 11.2. The number of hydrogen-bond acceptors (Lipinski definition) is 5. The second kappa shape index (κ2) is 5.33. The largest absolute Gasteiger partial charge is 0.463 e. The molecular weight excluding hydrogens is 220 g/mol. The average molecular weight is 238 g/mol. The van der Waals surface area contributed by atoms with Crippen LogP contribution in [0.3, 0.4) is 0 Å². The molecule has 94 valence electrons. The lowest BCUT2D eigenvalue weighted by molar-refractivity contribution is 0.0560. The van der Waals surface area contributed by atoms with Crippen molar-refractivity contribution in [1.82, 2.24) is 10.2 Å². The fraction of sp³-hybridized carbons (Fsp3) is 0.583. The summed E-state index contributed by atoms with van der Waals surface area (Å²) in [5, 5.41) is 3.38. The number of hydrogen-bond donors (Lipinski definition) is 1. The predicted molar refractivity (Wildman–Crippen MR) is 62.8 cm³/mol. The van der Waals surface area contributed by atoms with E-state index in [1.54, 1.807) is 6.07 Å². The minimum Gasteiger partial charge on any atom is -0.463 e. The summed E-state index contributed by atoms with van der Waals surface area (Å²) in [5.74, 6) is 0.648. The number of nitrogens with one attached hydrogen (secondary N) is 1. The van der Waals surface area contributed by atoms with Gasteiger partial charge in [0.15, 0.2) is 0 Å². The molecule has 17 heavy (non-hydrogen) atoms. The molecule has 2 heterocycles. The zero-order chi connectivity index (χ0) is 12.3. The highest BCUT2D eigenvalue weighted by atomic mass is 16.5. The highest BCUT2D eigenvalue weighted by molar-refractivity contribution is 5.86. The van der Waals surface area contributed by atoms with Crippen molar-refractivity contribution in [3.63, 3.8) is 0 Å². The topological polar surface area (TPSA) is 54.7 Å². The van der Waals surface area contributed by atoms with E-state index in [1.807, 2.05) is 6.07 Å². The molecule has 5 heteroatoms. The van der Waals surface area contributed by atoms with Crippen LogP contribution < -0.4 is 5.32 Å². The fourth-order valence-corrected chi connectivity index (χ4v) is 2.05. The summed E-state index contributed by atoms with van der Waals surface area (Å²) in [7, 11) is 1.35. The molecule has 2 rings (SSSR count). The molecule has 1 N–H and O–H groups in total. The van der Waals surface area contributed by atoms with E-state index >= 15 is 0 Å². The first-order valence-corrected chi connectivity index (χ1v) is 5.82. The Balaban J connectivity index is 1.94. The van der Waals surface area contributed by atoms with Gasteiger partial charge in [-0.2, -0.15) is 0 Å². The molecule has 1 aliphatic rings. The second-order valence-corrected chi connectivity index (χ2v) is 4.35. The van der Waals surface area contributed by atoms with Gasteiger partial charge in [0.05, 0.1) is 13.7 Å². The number of piperazine rings is 1. The highest BCUT2D eigenvalue weighted by Crippen LogP contribution is 2.12. The van der Waals surface area contributed by atoms with Crippen LogP contribution in [0.15, 0.2) is 16.5 Å². The van der Waals surface area contributed by atoms with Crippen molar-refractivity contribution < 1.29 is 13.9 Å². The lowest BCUT2D eigenvalue weighted by atomic mass is 10.2. The van der Waals surface area contributed by atoms with E-state index in [1.165, 1.54) is 7.11 Å². The molecule has 0 aliphatic carbocycles. The minimum absolute atomic E-state index is 0.269. The quantitative estimate of drug-likeness (QED) is 0.791. The fourth-order valence-electron chi connectivity index (χ4n) is 2.05. The van der Waals surface area contributed by atoms with Gasteiger partial charge < -0.3 is 14.5 Å². The normalized spacial score (nSPS) is 21.4. The predicted octanol–water partition coefficient (Wildman–Crippen LogP) is 0.860. The molecule has 0 amide bonds. The number of furan rings is 1. The summed E-state index contributed by atoms with van der Waals surface area (Å²) in [4.78, 5) is 13.5. The Labute approximate surface area is 101 Å². The lowest BCUT2D eigenvalue weighted by Crippen LogP contribution is -2.48. The SMILES string of the molecule is COC(=O)c1ccc(CN2CCNC(C)C2)o1. The van der Waals surface area contributed by atoms with Crippen LogP contribution in [0.2, 0.25) is 0 Å².